The zero-order chi connectivity index (χ0) is 53.8. The number of hydrogen-bond acceptors (Lipinski definition) is 19. The van der Waals surface area contributed by atoms with Gasteiger partial charge in [-0.05, 0) is 128 Å². The first kappa shape index (κ1) is 56.3. The van der Waals surface area contributed by atoms with Crippen molar-refractivity contribution in [2.45, 2.75) is 43.7 Å². The summed E-state index contributed by atoms with van der Waals surface area (Å²) in [5.41, 5.74) is 14.0. The van der Waals surface area contributed by atoms with E-state index in [-0.39, 0.29) is 17.1 Å². The number of rotatable bonds is 14. The quantitative estimate of drug-likeness (QED) is 0.0278. The molecule has 10 rings (SSSR count). The van der Waals surface area contributed by atoms with Gasteiger partial charge in [0.1, 0.15) is 21.7 Å². The summed E-state index contributed by atoms with van der Waals surface area (Å²) in [7, 11) is 0. The van der Waals surface area contributed by atoms with Crippen molar-refractivity contribution in [2.75, 3.05) is 114 Å². The summed E-state index contributed by atoms with van der Waals surface area (Å²) in [5.74, 6) is 1.43. The standard InChI is InChI=1S/C24H26N8O2S.C14H13ClN6OS.C10H14N2O.C4H10O/c1-15(33)25-16-3-5-17(6-4-16)26-21-20-22(30-31-23(20)35-2)29-24(28-21)27-18-7-9-19(10-8-18)32-11-13-34-14-12-32;1-7(22)16-8-3-5-9(6-4-8)17-11-10-12(19-14(15)18-11)20-21-13(10)23-2;11-9-1-3-10(4-2-9)12-5-7-13-8-6-12;1-2-3-4-5/h3-10H,11-14H2,1-2H3,(H,25,33)(H3,26,27,28,29,30,31);3-6H,1-2H3,(H,16,22)(H2,17,18,19,20,21);1-4H,5-8,11H2;5H,2-4H2,1H3. The second-order valence-corrected chi connectivity index (χ2v) is 18.9. The molecule has 0 radical (unpaired) electrons. The molecule has 8 aromatic rings. The Hall–Kier alpha value is -7.41. The molecular formula is C52H63ClN16O5S2. The number of halogens is 1. The van der Waals surface area contributed by atoms with Gasteiger partial charge in [0.2, 0.25) is 23.0 Å². The number of aliphatic hydroxyl groups excluding tert-OH is 1. The van der Waals surface area contributed by atoms with Gasteiger partial charge in [-0.2, -0.15) is 30.1 Å². The molecular weight excluding hydrogens is 1030 g/mol. The summed E-state index contributed by atoms with van der Waals surface area (Å²) < 4.78 is 10.7. The van der Waals surface area contributed by atoms with Gasteiger partial charge in [-0.15, -0.1) is 23.5 Å². The summed E-state index contributed by atoms with van der Waals surface area (Å²) in [6, 6.07) is 30.9. The first-order chi connectivity index (χ1) is 36.9. The third-order valence-electron chi connectivity index (χ3n) is 11.3. The number of carbonyl (C=O) groups excluding carboxylic acids is 2. The number of aromatic nitrogens is 8. The monoisotopic (exact) mass is 1090 g/mol. The van der Waals surface area contributed by atoms with Gasteiger partial charge in [-0.25, -0.2) is 0 Å². The first-order valence-electron chi connectivity index (χ1n) is 24.5. The number of fused-ring (bicyclic) bond motifs is 2. The molecule has 0 unspecified atom stereocenters. The lowest BCUT2D eigenvalue weighted by Gasteiger charge is -2.28. The Bertz CT molecular complexity index is 3100. The molecule has 4 aromatic heterocycles. The average Bonchev–Trinajstić information content (AvgIpc) is 4.05. The van der Waals surface area contributed by atoms with E-state index < -0.39 is 0 Å². The normalized spacial score (nSPS) is 13.0. The van der Waals surface area contributed by atoms with E-state index in [0.717, 1.165) is 120 Å². The summed E-state index contributed by atoms with van der Waals surface area (Å²) in [6.45, 7) is 12.2. The van der Waals surface area contributed by atoms with Gasteiger partial charge in [-0.1, -0.05) is 13.3 Å². The number of carbonyl (C=O) groups is 2. The van der Waals surface area contributed by atoms with Crippen molar-refractivity contribution in [1.82, 2.24) is 40.3 Å². The SMILES string of the molecule is CCCCO.CSc1n[nH]c2nc(Cl)nc(Nc3ccc(NC(C)=O)cc3)c12.CSc1n[nH]c2nc(Nc3ccc(N4CCOCC4)cc3)nc(Nc3ccc(NC(C)=O)cc3)c12.Nc1ccc(N2CCOCC2)cc1. The number of H-pyrrole nitrogens is 2. The minimum atomic E-state index is -0.113. The molecule has 0 spiro atoms. The highest BCUT2D eigenvalue weighted by atomic mass is 35.5. The van der Waals surface area contributed by atoms with Crippen LogP contribution in [0.15, 0.2) is 107 Å². The van der Waals surface area contributed by atoms with E-state index in [4.69, 9.17) is 36.9 Å². The highest BCUT2D eigenvalue weighted by Crippen LogP contribution is 2.34. The number of amides is 2. The van der Waals surface area contributed by atoms with Crippen LogP contribution in [0.4, 0.5) is 63.1 Å². The number of nitrogens with two attached hydrogens (primary N) is 1. The molecule has 2 aliphatic rings. The van der Waals surface area contributed by atoms with E-state index in [2.05, 4.69) is 103 Å². The van der Waals surface area contributed by atoms with E-state index in [9.17, 15) is 9.59 Å². The number of nitrogens with zero attached hydrogens (tertiary/aromatic N) is 8. The van der Waals surface area contributed by atoms with Crippen molar-refractivity contribution in [3.63, 3.8) is 0 Å². The summed E-state index contributed by atoms with van der Waals surface area (Å²) in [6.07, 6.45) is 5.93. The van der Waals surface area contributed by atoms with Crippen molar-refractivity contribution < 1.29 is 24.2 Å². The maximum Gasteiger partial charge on any atom is 0.231 e. The van der Waals surface area contributed by atoms with Crippen LogP contribution >= 0.6 is 35.1 Å². The smallest absolute Gasteiger partial charge is 0.231 e. The van der Waals surface area contributed by atoms with Gasteiger partial charge < -0.3 is 56.7 Å². The summed E-state index contributed by atoms with van der Waals surface area (Å²) >= 11 is 8.97. The minimum absolute atomic E-state index is 0.111. The molecule has 2 saturated heterocycles. The Morgan fingerprint density at radius 1 is 0.618 bits per heavy atom. The Kier molecular flexibility index (Phi) is 21.1. The Morgan fingerprint density at radius 3 is 1.45 bits per heavy atom. The summed E-state index contributed by atoms with van der Waals surface area (Å²) in [4.78, 5) is 44.7. The molecule has 0 bridgehead atoms. The average molecular weight is 1090 g/mol. The molecule has 0 saturated carbocycles. The molecule has 10 N–H and O–H groups in total. The number of nitrogens with one attached hydrogen (secondary N) is 7. The molecule has 0 atom stereocenters. The number of benzene rings is 4. The largest absolute Gasteiger partial charge is 0.399 e. The predicted octanol–water partition coefficient (Wildman–Crippen LogP) is 9.67. The zero-order valence-electron chi connectivity index (χ0n) is 42.9. The van der Waals surface area contributed by atoms with Gasteiger partial charge in [0, 0.05) is 92.1 Å². The number of hydrogen-bond donors (Lipinski definition) is 9. The molecule has 21 nitrogen and oxygen atoms in total. The van der Waals surface area contributed by atoms with Gasteiger partial charge in [-0.3, -0.25) is 19.8 Å². The fourth-order valence-electron chi connectivity index (χ4n) is 7.64. The van der Waals surface area contributed by atoms with Crippen LogP contribution < -0.4 is 42.1 Å². The van der Waals surface area contributed by atoms with Crippen LogP contribution in [0.2, 0.25) is 5.28 Å². The number of nitrogen functional groups attached to an aromatic ring is 1. The molecule has 4 aromatic carbocycles. The number of aromatic amines is 2. The van der Waals surface area contributed by atoms with Gasteiger partial charge >= 0.3 is 0 Å². The number of thioether (sulfide) groups is 2. The van der Waals surface area contributed by atoms with Crippen LogP contribution in [0, 0.1) is 0 Å². The van der Waals surface area contributed by atoms with Gasteiger partial charge in [0.25, 0.3) is 0 Å². The molecule has 76 heavy (non-hydrogen) atoms. The lowest BCUT2D eigenvalue weighted by Crippen LogP contribution is -2.36. The number of unbranched alkanes of at least 4 members (excludes halogenated alkanes) is 1. The van der Waals surface area contributed by atoms with E-state index in [1.807, 2.05) is 73.2 Å². The summed E-state index contributed by atoms with van der Waals surface area (Å²) in [5, 5.41) is 41.2. The highest BCUT2D eigenvalue weighted by molar-refractivity contribution is 7.99. The topological polar surface area (TPSA) is 274 Å². The molecule has 2 fully saturated rings. The van der Waals surface area contributed by atoms with Crippen LogP contribution in [-0.4, -0.2) is 129 Å². The molecule has 400 valence electrons. The number of morpholine rings is 2. The fourth-order valence-corrected chi connectivity index (χ4v) is 8.88. The minimum Gasteiger partial charge on any atom is -0.399 e. The van der Waals surface area contributed by atoms with Crippen LogP contribution in [0.5, 0.6) is 0 Å². The van der Waals surface area contributed by atoms with Gasteiger partial charge in [0.05, 0.1) is 37.2 Å². The Morgan fingerprint density at radius 2 is 1.03 bits per heavy atom. The molecule has 2 amide bonds. The first-order valence-corrected chi connectivity index (χ1v) is 27.3. The lowest BCUT2D eigenvalue weighted by molar-refractivity contribution is -0.115. The Labute approximate surface area is 454 Å². The lowest BCUT2D eigenvalue weighted by atomic mass is 10.2. The van der Waals surface area contributed by atoms with Crippen molar-refractivity contribution in [3.8, 4) is 0 Å². The van der Waals surface area contributed by atoms with Crippen molar-refractivity contribution >= 4 is 132 Å². The zero-order valence-corrected chi connectivity index (χ0v) is 45.3. The second kappa shape index (κ2) is 28.5. The van der Waals surface area contributed by atoms with E-state index in [1.165, 1.54) is 48.7 Å². The predicted molar refractivity (Wildman–Crippen MR) is 309 cm³/mol. The number of ether oxygens (including phenoxy) is 2. The fraction of sp³-hybridized carbons (Fsp3) is 0.308. The maximum absolute atomic E-state index is 11.3. The van der Waals surface area contributed by atoms with Crippen LogP contribution in [0.3, 0.4) is 0 Å². The van der Waals surface area contributed by atoms with Crippen LogP contribution in [0.1, 0.15) is 33.6 Å². The highest BCUT2D eigenvalue weighted by Gasteiger charge is 2.18. The van der Waals surface area contributed by atoms with Crippen molar-refractivity contribution in [3.05, 3.63) is 102 Å². The third-order valence-corrected chi connectivity index (χ3v) is 12.9. The molecule has 2 aliphatic heterocycles. The number of anilines is 11. The van der Waals surface area contributed by atoms with Crippen LogP contribution in [-0.2, 0) is 19.1 Å². The third kappa shape index (κ3) is 16.3. The van der Waals surface area contributed by atoms with Crippen molar-refractivity contribution in [1.29, 1.82) is 0 Å². The van der Waals surface area contributed by atoms with E-state index in [0.29, 0.717) is 35.5 Å². The Balaban J connectivity index is 0.000000174. The van der Waals surface area contributed by atoms with E-state index >= 15 is 0 Å². The molecule has 6 heterocycles. The van der Waals surface area contributed by atoms with E-state index in [1.54, 1.807) is 12.1 Å². The van der Waals surface area contributed by atoms with Crippen LogP contribution in [0.25, 0.3) is 22.1 Å². The maximum atomic E-state index is 11.3. The van der Waals surface area contributed by atoms with Gasteiger partial charge in [0.15, 0.2) is 11.3 Å². The van der Waals surface area contributed by atoms with Crippen molar-refractivity contribution in [2.24, 2.45) is 0 Å². The number of aliphatic hydroxyl groups is 1. The molecule has 24 heteroatoms. The second-order valence-electron chi connectivity index (χ2n) is 17.0. The molecule has 0 aliphatic carbocycles.